The number of benzene rings is 2. The molecule has 0 fully saturated rings. The zero-order valence-electron chi connectivity index (χ0n) is 14.8. The molecule has 0 aliphatic rings. The summed E-state index contributed by atoms with van der Waals surface area (Å²) in [6, 6.07) is 17.1. The number of aryl methyl sites for hydroxylation is 1. The van der Waals surface area contributed by atoms with Crippen molar-refractivity contribution in [1.29, 1.82) is 0 Å². The van der Waals surface area contributed by atoms with Crippen molar-refractivity contribution in [2.24, 2.45) is 0 Å². The fraction of sp³-hybridized carbons (Fsp3) is 0.0526. The summed E-state index contributed by atoms with van der Waals surface area (Å²) in [4.78, 5) is 7.98. The SMILES string of the molecule is Cc1cccc(Nc2nnc(-c3ccc(Oc4cc(N)nc(S)n4)cc3)s2)c1. The number of hydrogen-bond acceptors (Lipinski definition) is 9. The molecule has 0 saturated carbocycles. The highest BCUT2D eigenvalue weighted by molar-refractivity contribution is 7.80. The zero-order valence-corrected chi connectivity index (χ0v) is 16.5. The standard InChI is InChI=1S/C19H16N6OS2/c1-11-3-2-4-13(9-11)21-19-25-24-17(28-19)12-5-7-14(8-6-12)26-16-10-15(20)22-18(27)23-16/h2-10H,1H3,(H,21,25)(H3,20,22,23,27). The lowest BCUT2D eigenvalue weighted by atomic mass is 10.2. The molecule has 0 aliphatic heterocycles. The first-order valence-corrected chi connectivity index (χ1v) is 9.60. The molecular weight excluding hydrogens is 392 g/mol. The van der Waals surface area contributed by atoms with Crippen molar-refractivity contribution < 1.29 is 4.74 Å². The van der Waals surface area contributed by atoms with Crippen molar-refractivity contribution >= 4 is 40.6 Å². The smallest absolute Gasteiger partial charge is 0.225 e. The monoisotopic (exact) mass is 408 g/mol. The van der Waals surface area contributed by atoms with E-state index in [1.165, 1.54) is 16.9 Å². The van der Waals surface area contributed by atoms with Crippen LogP contribution in [0, 0.1) is 6.92 Å². The van der Waals surface area contributed by atoms with Crippen LogP contribution >= 0.6 is 24.0 Å². The molecule has 2 aromatic heterocycles. The highest BCUT2D eigenvalue weighted by atomic mass is 32.1. The van der Waals surface area contributed by atoms with E-state index < -0.39 is 0 Å². The summed E-state index contributed by atoms with van der Waals surface area (Å²) >= 11 is 5.57. The second kappa shape index (κ2) is 7.83. The highest BCUT2D eigenvalue weighted by Crippen LogP contribution is 2.30. The lowest BCUT2D eigenvalue weighted by Crippen LogP contribution is -1.96. The van der Waals surface area contributed by atoms with Gasteiger partial charge in [0.25, 0.3) is 0 Å². The lowest BCUT2D eigenvalue weighted by molar-refractivity contribution is 0.456. The average molecular weight is 409 g/mol. The van der Waals surface area contributed by atoms with Gasteiger partial charge in [0.1, 0.15) is 16.6 Å². The molecule has 0 aliphatic carbocycles. The van der Waals surface area contributed by atoms with E-state index in [0.29, 0.717) is 17.4 Å². The molecule has 0 unspecified atom stereocenters. The van der Waals surface area contributed by atoms with E-state index in [-0.39, 0.29) is 5.16 Å². The van der Waals surface area contributed by atoms with Gasteiger partial charge in [-0.1, -0.05) is 23.5 Å². The van der Waals surface area contributed by atoms with E-state index >= 15 is 0 Å². The van der Waals surface area contributed by atoms with Gasteiger partial charge in [-0.25, -0.2) is 4.98 Å². The van der Waals surface area contributed by atoms with Gasteiger partial charge in [-0.15, -0.1) is 22.8 Å². The number of rotatable bonds is 5. The average Bonchev–Trinajstić information content (AvgIpc) is 3.10. The maximum atomic E-state index is 5.70. The lowest BCUT2D eigenvalue weighted by Gasteiger charge is -2.06. The first-order valence-electron chi connectivity index (χ1n) is 8.34. The molecule has 9 heteroatoms. The largest absolute Gasteiger partial charge is 0.439 e. The van der Waals surface area contributed by atoms with Gasteiger partial charge < -0.3 is 15.8 Å². The summed E-state index contributed by atoms with van der Waals surface area (Å²) < 4.78 is 5.70. The summed E-state index contributed by atoms with van der Waals surface area (Å²) in [5, 5.41) is 13.6. The normalized spacial score (nSPS) is 10.6. The molecule has 0 saturated heterocycles. The van der Waals surface area contributed by atoms with E-state index in [2.05, 4.69) is 44.2 Å². The Kier molecular flexibility index (Phi) is 5.09. The molecule has 4 aromatic rings. The van der Waals surface area contributed by atoms with Crippen LogP contribution in [-0.4, -0.2) is 20.2 Å². The minimum absolute atomic E-state index is 0.258. The summed E-state index contributed by atoms with van der Waals surface area (Å²) in [5.74, 6) is 1.26. The van der Waals surface area contributed by atoms with Crippen LogP contribution in [0.25, 0.3) is 10.6 Å². The van der Waals surface area contributed by atoms with Crippen LogP contribution in [0.5, 0.6) is 11.6 Å². The Morgan fingerprint density at radius 1 is 1.04 bits per heavy atom. The van der Waals surface area contributed by atoms with Crippen molar-refractivity contribution in [2.45, 2.75) is 12.1 Å². The van der Waals surface area contributed by atoms with Crippen molar-refractivity contribution in [1.82, 2.24) is 20.2 Å². The van der Waals surface area contributed by atoms with Crippen LogP contribution in [0.2, 0.25) is 0 Å². The molecule has 0 amide bonds. The molecule has 0 radical (unpaired) electrons. The summed E-state index contributed by atoms with van der Waals surface area (Å²) in [7, 11) is 0. The number of nitrogen functional groups attached to an aromatic ring is 1. The Labute approximate surface area is 171 Å². The van der Waals surface area contributed by atoms with Crippen LogP contribution in [0.1, 0.15) is 5.56 Å². The van der Waals surface area contributed by atoms with Gasteiger partial charge in [0.15, 0.2) is 5.16 Å². The van der Waals surface area contributed by atoms with Gasteiger partial charge in [-0.2, -0.15) is 4.98 Å². The van der Waals surface area contributed by atoms with Gasteiger partial charge in [0, 0.05) is 17.3 Å². The third-order valence-corrected chi connectivity index (χ3v) is 4.82. The number of aromatic nitrogens is 4. The van der Waals surface area contributed by atoms with E-state index in [1.807, 2.05) is 49.4 Å². The van der Waals surface area contributed by atoms with Crippen LogP contribution in [0.3, 0.4) is 0 Å². The number of nitrogens with zero attached hydrogens (tertiary/aromatic N) is 4. The minimum atomic E-state index is 0.258. The zero-order chi connectivity index (χ0) is 19.5. The van der Waals surface area contributed by atoms with Crippen LogP contribution < -0.4 is 15.8 Å². The Balaban J connectivity index is 1.47. The fourth-order valence-corrected chi connectivity index (χ4v) is 3.49. The van der Waals surface area contributed by atoms with Gasteiger partial charge in [0.05, 0.1) is 0 Å². The van der Waals surface area contributed by atoms with E-state index in [9.17, 15) is 0 Å². The second-order valence-electron chi connectivity index (χ2n) is 5.96. The molecule has 28 heavy (non-hydrogen) atoms. The van der Waals surface area contributed by atoms with Crippen molar-refractivity contribution in [3.8, 4) is 22.2 Å². The molecule has 4 rings (SSSR count). The Hall–Kier alpha value is -3.17. The first-order chi connectivity index (χ1) is 13.5. The molecule has 140 valence electrons. The second-order valence-corrected chi connectivity index (χ2v) is 7.34. The number of nitrogens with one attached hydrogen (secondary N) is 1. The topological polar surface area (TPSA) is 98.8 Å². The van der Waals surface area contributed by atoms with Crippen molar-refractivity contribution in [3.05, 3.63) is 60.2 Å². The molecule has 0 bridgehead atoms. The maximum Gasteiger partial charge on any atom is 0.225 e. The summed E-state index contributed by atoms with van der Waals surface area (Å²) in [6.45, 7) is 2.05. The van der Waals surface area contributed by atoms with E-state index in [1.54, 1.807) is 6.07 Å². The molecule has 0 spiro atoms. The first kappa shape index (κ1) is 18.2. The van der Waals surface area contributed by atoms with Crippen LogP contribution in [-0.2, 0) is 0 Å². The quantitative estimate of drug-likeness (QED) is 0.325. The molecule has 3 N–H and O–H groups in total. The predicted octanol–water partition coefficient (Wildman–Crippen LogP) is 4.71. The highest BCUT2D eigenvalue weighted by Gasteiger charge is 2.08. The number of ether oxygens (including phenoxy) is 1. The summed E-state index contributed by atoms with van der Waals surface area (Å²) in [6.07, 6.45) is 0. The molecular formula is C19H16N6OS2. The van der Waals surface area contributed by atoms with Gasteiger partial charge in [-0.05, 0) is 48.9 Å². The third kappa shape index (κ3) is 4.38. The van der Waals surface area contributed by atoms with Crippen molar-refractivity contribution in [2.75, 3.05) is 11.1 Å². The van der Waals surface area contributed by atoms with Gasteiger partial charge in [-0.3, -0.25) is 0 Å². The van der Waals surface area contributed by atoms with Gasteiger partial charge >= 0.3 is 0 Å². The maximum absolute atomic E-state index is 5.70. The predicted molar refractivity (Wildman–Crippen MR) is 114 cm³/mol. The Bertz CT molecular complexity index is 1090. The Morgan fingerprint density at radius 2 is 1.86 bits per heavy atom. The van der Waals surface area contributed by atoms with E-state index in [0.717, 1.165) is 21.4 Å². The molecule has 7 nitrogen and oxygen atoms in total. The van der Waals surface area contributed by atoms with Crippen LogP contribution in [0.4, 0.5) is 16.6 Å². The molecule has 0 atom stereocenters. The molecule has 2 aromatic carbocycles. The molecule has 2 heterocycles. The number of nitrogens with two attached hydrogens (primary N) is 1. The minimum Gasteiger partial charge on any atom is -0.439 e. The van der Waals surface area contributed by atoms with Crippen LogP contribution in [0.15, 0.2) is 59.8 Å². The van der Waals surface area contributed by atoms with E-state index in [4.69, 9.17) is 10.5 Å². The van der Waals surface area contributed by atoms with Crippen molar-refractivity contribution in [3.63, 3.8) is 0 Å². The van der Waals surface area contributed by atoms with Gasteiger partial charge in [0.2, 0.25) is 11.0 Å². The number of anilines is 3. The third-order valence-electron chi connectivity index (χ3n) is 3.73. The summed E-state index contributed by atoms with van der Waals surface area (Å²) in [5.41, 5.74) is 8.79. The fourth-order valence-electron chi connectivity index (χ4n) is 2.51. The Morgan fingerprint density at radius 3 is 2.61 bits per heavy atom. The number of hydrogen-bond donors (Lipinski definition) is 3. The number of thiol groups is 1.